The van der Waals surface area contributed by atoms with Crippen LogP contribution >= 0.6 is 11.3 Å². The Bertz CT molecular complexity index is 986. The predicted molar refractivity (Wildman–Crippen MR) is 93.9 cm³/mol. The molecule has 0 saturated carbocycles. The van der Waals surface area contributed by atoms with Crippen LogP contribution in [0.4, 0.5) is 13.2 Å². The van der Waals surface area contributed by atoms with Gasteiger partial charge in [0, 0.05) is 23.1 Å². The molecule has 0 saturated heterocycles. The largest absolute Gasteiger partial charge is 0.618 e. The average molecular weight is 393 g/mol. The predicted octanol–water partition coefficient (Wildman–Crippen LogP) is 3.70. The van der Waals surface area contributed by atoms with E-state index in [0.29, 0.717) is 26.6 Å². The van der Waals surface area contributed by atoms with Crippen molar-refractivity contribution >= 4 is 17.2 Å². The lowest BCUT2D eigenvalue weighted by molar-refractivity contribution is -0.614. The summed E-state index contributed by atoms with van der Waals surface area (Å²) < 4.78 is 39.6. The van der Waals surface area contributed by atoms with Crippen molar-refractivity contribution < 1.29 is 22.7 Å². The Kier molecular flexibility index (Phi) is 5.13. The number of alkyl halides is 3. The maximum atomic E-state index is 13.0. The molecule has 9 heteroatoms. The van der Waals surface area contributed by atoms with Gasteiger partial charge in [0.1, 0.15) is 17.2 Å². The third kappa shape index (κ3) is 4.43. The molecule has 2 aromatic heterocycles. The quantitative estimate of drug-likeness (QED) is 0.543. The first-order chi connectivity index (χ1) is 12.7. The summed E-state index contributed by atoms with van der Waals surface area (Å²) >= 11 is 1.08. The average Bonchev–Trinajstić information content (AvgIpc) is 3.10. The Morgan fingerprint density at radius 1 is 1.30 bits per heavy atom. The normalized spacial score (nSPS) is 11.4. The number of aromatic nitrogens is 2. The lowest BCUT2D eigenvalue weighted by atomic mass is 10.1. The number of hydrogen-bond acceptors (Lipinski definition) is 4. The van der Waals surface area contributed by atoms with Crippen molar-refractivity contribution in [2.45, 2.75) is 19.6 Å². The third-order valence-corrected chi connectivity index (χ3v) is 4.61. The first-order valence-electron chi connectivity index (χ1n) is 7.84. The van der Waals surface area contributed by atoms with E-state index in [2.05, 4.69) is 10.3 Å². The molecule has 1 N–H and O–H groups in total. The number of pyridine rings is 1. The maximum Gasteiger partial charge on any atom is 0.416 e. The topological polar surface area (TPSA) is 68.9 Å². The van der Waals surface area contributed by atoms with E-state index < -0.39 is 17.6 Å². The van der Waals surface area contributed by atoms with E-state index in [9.17, 15) is 23.2 Å². The van der Waals surface area contributed by atoms with Gasteiger partial charge in [0.25, 0.3) is 5.91 Å². The zero-order valence-corrected chi connectivity index (χ0v) is 14.9. The minimum Gasteiger partial charge on any atom is -0.618 e. The summed E-state index contributed by atoms with van der Waals surface area (Å²) in [6.07, 6.45) is -3.14. The van der Waals surface area contributed by atoms with Crippen molar-refractivity contribution in [3.63, 3.8) is 0 Å². The number of nitrogens with one attached hydrogen (secondary N) is 1. The highest BCUT2D eigenvalue weighted by atomic mass is 32.1. The number of amides is 1. The van der Waals surface area contributed by atoms with Gasteiger partial charge < -0.3 is 10.5 Å². The second kappa shape index (κ2) is 7.36. The Morgan fingerprint density at radius 2 is 2.07 bits per heavy atom. The fraction of sp³-hybridized carbons (Fsp3) is 0.167. The fourth-order valence-electron chi connectivity index (χ4n) is 2.44. The number of nitrogens with zero attached hydrogens (tertiary/aromatic N) is 2. The summed E-state index contributed by atoms with van der Waals surface area (Å²) in [6.45, 7) is 1.58. The summed E-state index contributed by atoms with van der Waals surface area (Å²) in [5, 5.41) is 15.9. The number of carbonyl (C=O) groups is 1. The second-order valence-corrected chi connectivity index (χ2v) is 6.68. The van der Waals surface area contributed by atoms with Crippen LogP contribution in [-0.2, 0) is 12.7 Å². The van der Waals surface area contributed by atoms with Gasteiger partial charge in [0.05, 0.1) is 5.56 Å². The zero-order chi connectivity index (χ0) is 19.6. The molecule has 0 bridgehead atoms. The molecule has 1 amide bonds. The number of carbonyl (C=O) groups excluding carboxylic acids is 1. The molecular formula is C18H14F3N3O2S. The van der Waals surface area contributed by atoms with E-state index in [1.807, 2.05) is 0 Å². The van der Waals surface area contributed by atoms with Gasteiger partial charge in [-0.05, 0) is 36.8 Å². The number of benzene rings is 1. The highest BCUT2D eigenvalue weighted by Crippen LogP contribution is 2.34. The van der Waals surface area contributed by atoms with Crippen LogP contribution in [0.3, 0.4) is 0 Å². The molecular weight excluding hydrogens is 379 g/mol. The van der Waals surface area contributed by atoms with Gasteiger partial charge in [0.2, 0.25) is 5.69 Å². The monoisotopic (exact) mass is 393 g/mol. The number of hydrogen-bond donors (Lipinski definition) is 1. The van der Waals surface area contributed by atoms with Gasteiger partial charge in [-0.3, -0.25) is 4.79 Å². The Hall–Kier alpha value is -2.94. The molecule has 3 aromatic rings. The molecule has 140 valence electrons. The maximum absolute atomic E-state index is 13.0. The molecule has 0 aliphatic rings. The van der Waals surface area contributed by atoms with Crippen LogP contribution in [0.2, 0.25) is 0 Å². The molecule has 3 rings (SSSR count). The van der Waals surface area contributed by atoms with E-state index in [-0.39, 0.29) is 12.2 Å². The van der Waals surface area contributed by atoms with Crippen LogP contribution in [0.15, 0.2) is 48.0 Å². The van der Waals surface area contributed by atoms with Crippen LogP contribution in [0.5, 0.6) is 0 Å². The molecule has 0 fully saturated rings. The molecule has 0 unspecified atom stereocenters. The minimum absolute atomic E-state index is 0.0126. The van der Waals surface area contributed by atoms with E-state index in [1.54, 1.807) is 31.2 Å². The van der Waals surface area contributed by atoms with Gasteiger partial charge in [0.15, 0.2) is 6.20 Å². The third-order valence-electron chi connectivity index (χ3n) is 3.72. The van der Waals surface area contributed by atoms with Crippen molar-refractivity contribution in [1.82, 2.24) is 10.3 Å². The molecule has 0 aliphatic heterocycles. The molecule has 0 radical (unpaired) electrons. The second-order valence-electron chi connectivity index (χ2n) is 5.82. The SMILES string of the molecule is Cc1cc(-c2nc(C(=O)NCc3cccc[n+]3[O-])cs2)cc(C(F)(F)F)c1. The Balaban J connectivity index is 1.78. The van der Waals surface area contributed by atoms with Crippen LogP contribution < -0.4 is 10.0 Å². The minimum atomic E-state index is -4.46. The van der Waals surface area contributed by atoms with Crippen molar-refractivity contribution in [1.29, 1.82) is 0 Å². The van der Waals surface area contributed by atoms with Gasteiger partial charge in [-0.1, -0.05) is 0 Å². The lowest BCUT2D eigenvalue weighted by Gasteiger charge is -2.09. The van der Waals surface area contributed by atoms with E-state index in [1.165, 1.54) is 11.6 Å². The molecule has 1 aromatic carbocycles. The highest BCUT2D eigenvalue weighted by molar-refractivity contribution is 7.13. The number of aryl methyl sites for hydroxylation is 1. The highest BCUT2D eigenvalue weighted by Gasteiger charge is 2.31. The molecule has 27 heavy (non-hydrogen) atoms. The Labute approximate surface area is 156 Å². The van der Waals surface area contributed by atoms with Crippen LogP contribution in [0.25, 0.3) is 10.6 Å². The number of thiazole rings is 1. The molecule has 5 nitrogen and oxygen atoms in total. The lowest BCUT2D eigenvalue weighted by Crippen LogP contribution is -2.35. The smallest absolute Gasteiger partial charge is 0.416 e. The fourth-order valence-corrected chi connectivity index (χ4v) is 3.23. The van der Waals surface area contributed by atoms with Crippen molar-refractivity contribution in [3.8, 4) is 10.6 Å². The molecule has 0 atom stereocenters. The molecule has 0 spiro atoms. The molecule has 2 heterocycles. The van der Waals surface area contributed by atoms with E-state index in [4.69, 9.17) is 0 Å². The number of halogens is 3. The molecule has 0 aliphatic carbocycles. The van der Waals surface area contributed by atoms with Crippen molar-refractivity contribution in [2.24, 2.45) is 0 Å². The summed E-state index contributed by atoms with van der Waals surface area (Å²) in [6, 6.07) is 8.47. The van der Waals surface area contributed by atoms with Crippen LogP contribution in [0.1, 0.15) is 27.3 Å². The summed E-state index contributed by atoms with van der Waals surface area (Å²) in [4.78, 5) is 16.3. The van der Waals surface area contributed by atoms with Gasteiger partial charge >= 0.3 is 6.18 Å². The van der Waals surface area contributed by atoms with Crippen LogP contribution in [-0.4, -0.2) is 10.9 Å². The zero-order valence-electron chi connectivity index (χ0n) is 14.1. The van der Waals surface area contributed by atoms with Gasteiger partial charge in [-0.2, -0.15) is 17.9 Å². The summed E-state index contributed by atoms with van der Waals surface area (Å²) in [5.74, 6) is -0.509. The van der Waals surface area contributed by atoms with Gasteiger partial charge in [-0.15, -0.1) is 11.3 Å². The first kappa shape index (κ1) is 18.8. The van der Waals surface area contributed by atoms with Crippen molar-refractivity contribution in [3.05, 3.63) is 75.7 Å². The number of rotatable bonds is 4. The van der Waals surface area contributed by atoms with Crippen molar-refractivity contribution in [2.75, 3.05) is 0 Å². The summed E-state index contributed by atoms with van der Waals surface area (Å²) in [5.41, 5.74) is 0.424. The standard InChI is InChI=1S/C18H14F3N3O2S/c1-11-6-12(8-13(7-11)18(19,20)21)17-23-15(10-27-17)16(25)22-9-14-4-2-3-5-24(14)26/h2-8,10H,9H2,1H3,(H,22,25). The van der Waals surface area contributed by atoms with E-state index >= 15 is 0 Å². The summed E-state index contributed by atoms with van der Waals surface area (Å²) in [7, 11) is 0. The first-order valence-corrected chi connectivity index (χ1v) is 8.72. The van der Waals surface area contributed by atoms with E-state index in [0.717, 1.165) is 23.5 Å². The Morgan fingerprint density at radius 3 is 2.78 bits per heavy atom. The van der Waals surface area contributed by atoms with Gasteiger partial charge in [-0.25, -0.2) is 4.98 Å². The van der Waals surface area contributed by atoms with Crippen LogP contribution in [0, 0.1) is 12.1 Å².